The molecule has 24 heavy (non-hydrogen) atoms. The summed E-state index contributed by atoms with van der Waals surface area (Å²) in [4.78, 5) is 17.5. The number of hydrogen-bond donors (Lipinski definition) is 2. The number of anilines is 2. The maximum Gasteiger partial charge on any atom is 0.183 e. The first kappa shape index (κ1) is 14.1. The van der Waals surface area contributed by atoms with Crippen LogP contribution in [0.25, 0.3) is 22.4 Å². The van der Waals surface area contributed by atoms with Crippen LogP contribution in [-0.2, 0) is 0 Å². The van der Waals surface area contributed by atoms with E-state index in [4.69, 9.17) is 0 Å². The van der Waals surface area contributed by atoms with Crippen molar-refractivity contribution in [1.29, 1.82) is 0 Å². The van der Waals surface area contributed by atoms with Crippen molar-refractivity contribution in [3.8, 4) is 17.0 Å². The lowest BCUT2D eigenvalue weighted by molar-refractivity contribution is 0.475. The first-order chi connectivity index (χ1) is 11.8. The number of nitrogens with one attached hydrogen (secondary N) is 1. The van der Waals surface area contributed by atoms with Gasteiger partial charge in [-0.25, -0.2) is 19.9 Å². The predicted octanol–water partition coefficient (Wildman–Crippen LogP) is 3.54. The van der Waals surface area contributed by atoms with Crippen molar-refractivity contribution in [2.24, 2.45) is 0 Å². The van der Waals surface area contributed by atoms with Crippen LogP contribution in [0.15, 0.2) is 67.1 Å². The number of fused-ring (bicyclic) bond motifs is 1. The van der Waals surface area contributed by atoms with Gasteiger partial charge in [0.2, 0.25) is 0 Å². The molecule has 0 atom stereocenters. The minimum atomic E-state index is 0.208. The lowest BCUT2D eigenvalue weighted by Crippen LogP contribution is -1.99. The van der Waals surface area contributed by atoms with Crippen molar-refractivity contribution in [1.82, 2.24) is 19.9 Å². The highest BCUT2D eigenvalue weighted by Gasteiger charge is 2.09. The van der Waals surface area contributed by atoms with E-state index in [1.54, 1.807) is 30.5 Å². The van der Waals surface area contributed by atoms with E-state index in [2.05, 4.69) is 25.3 Å². The van der Waals surface area contributed by atoms with E-state index in [-0.39, 0.29) is 5.75 Å². The normalized spacial score (nSPS) is 10.7. The van der Waals surface area contributed by atoms with Gasteiger partial charge in [-0.15, -0.1) is 0 Å². The van der Waals surface area contributed by atoms with Crippen LogP contribution in [0.3, 0.4) is 0 Å². The third kappa shape index (κ3) is 2.72. The Balaban J connectivity index is 1.79. The Kier molecular flexibility index (Phi) is 3.47. The summed E-state index contributed by atoms with van der Waals surface area (Å²) in [5.41, 5.74) is 3.63. The topological polar surface area (TPSA) is 83.8 Å². The Bertz CT molecular complexity index is 987. The summed E-state index contributed by atoms with van der Waals surface area (Å²) in [6.45, 7) is 0. The number of aromatic hydroxyl groups is 1. The lowest BCUT2D eigenvalue weighted by atomic mass is 10.2. The van der Waals surface area contributed by atoms with Crippen LogP contribution < -0.4 is 5.32 Å². The largest absolute Gasteiger partial charge is 0.508 e. The molecule has 0 amide bonds. The minimum absolute atomic E-state index is 0.208. The van der Waals surface area contributed by atoms with Crippen LogP contribution in [0.2, 0.25) is 0 Å². The average molecular weight is 315 g/mol. The highest BCUT2D eigenvalue weighted by molar-refractivity contribution is 5.85. The molecule has 4 aromatic rings. The van der Waals surface area contributed by atoms with Crippen molar-refractivity contribution in [3.05, 3.63) is 67.1 Å². The Hall–Kier alpha value is -3.54. The van der Waals surface area contributed by atoms with E-state index in [1.807, 2.05) is 30.3 Å². The SMILES string of the molecule is Oc1ccc(Nc2ncnc3ncc(-c4ccccc4)nc23)cc1. The summed E-state index contributed by atoms with van der Waals surface area (Å²) in [6, 6.07) is 16.6. The zero-order valence-corrected chi connectivity index (χ0v) is 12.6. The van der Waals surface area contributed by atoms with E-state index >= 15 is 0 Å². The molecule has 0 saturated heterocycles. The molecule has 2 aromatic carbocycles. The van der Waals surface area contributed by atoms with Gasteiger partial charge in [0.25, 0.3) is 0 Å². The fraction of sp³-hybridized carbons (Fsp3) is 0. The van der Waals surface area contributed by atoms with Gasteiger partial charge in [-0.2, -0.15) is 0 Å². The maximum absolute atomic E-state index is 9.38. The molecule has 116 valence electrons. The quantitative estimate of drug-likeness (QED) is 0.563. The van der Waals surface area contributed by atoms with Gasteiger partial charge < -0.3 is 10.4 Å². The van der Waals surface area contributed by atoms with Crippen molar-refractivity contribution < 1.29 is 5.11 Å². The molecule has 0 unspecified atom stereocenters. The lowest BCUT2D eigenvalue weighted by Gasteiger charge is -2.08. The van der Waals surface area contributed by atoms with E-state index in [0.29, 0.717) is 17.0 Å². The number of rotatable bonds is 3. The standard InChI is InChI=1S/C18H13N5O/c24-14-8-6-13(7-9-14)22-18-16-17(20-11-21-18)19-10-15(23-16)12-4-2-1-3-5-12/h1-11,24H,(H,19,20,21,22). The van der Waals surface area contributed by atoms with Crippen molar-refractivity contribution >= 4 is 22.7 Å². The summed E-state index contributed by atoms with van der Waals surface area (Å²) in [5, 5.41) is 12.6. The summed E-state index contributed by atoms with van der Waals surface area (Å²) >= 11 is 0. The summed E-state index contributed by atoms with van der Waals surface area (Å²) in [6.07, 6.45) is 3.15. The molecule has 0 aliphatic heterocycles. The first-order valence-electron chi connectivity index (χ1n) is 7.39. The summed E-state index contributed by atoms with van der Waals surface area (Å²) in [7, 11) is 0. The van der Waals surface area contributed by atoms with Gasteiger partial charge in [0.05, 0.1) is 11.9 Å². The Labute approximate surface area is 137 Å². The molecule has 6 nitrogen and oxygen atoms in total. The monoisotopic (exact) mass is 315 g/mol. The molecule has 0 spiro atoms. The van der Waals surface area contributed by atoms with Gasteiger partial charge in [-0.05, 0) is 24.3 Å². The van der Waals surface area contributed by atoms with Crippen LogP contribution in [-0.4, -0.2) is 25.0 Å². The second-order valence-electron chi connectivity index (χ2n) is 5.19. The molecule has 0 aliphatic carbocycles. The number of hydrogen-bond acceptors (Lipinski definition) is 6. The molecule has 0 aliphatic rings. The molecule has 0 fully saturated rings. The molecule has 0 saturated carbocycles. The second-order valence-corrected chi connectivity index (χ2v) is 5.19. The van der Waals surface area contributed by atoms with E-state index in [0.717, 1.165) is 16.9 Å². The average Bonchev–Trinajstić information content (AvgIpc) is 2.64. The smallest absolute Gasteiger partial charge is 0.183 e. The molecular formula is C18H13N5O. The molecule has 2 N–H and O–H groups in total. The van der Waals surface area contributed by atoms with Gasteiger partial charge in [-0.1, -0.05) is 30.3 Å². The van der Waals surface area contributed by atoms with Crippen molar-refractivity contribution in [3.63, 3.8) is 0 Å². The number of phenolic OH excluding ortho intramolecular Hbond substituents is 1. The predicted molar refractivity (Wildman–Crippen MR) is 92.0 cm³/mol. The number of benzene rings is 2. The van der Waals surface area contributed by atoms with Crippen LogP contribution in [0.5, 0.6) is 5.75 Å². The van der Waals surface area contributed by atoms with Crippen molar-refractivity contribution in [2.45, 2.75) is 0 Å². The second kappa shape index (κ2) is 5.92. The molecular weight excluding hydrogens is 302 g/mol. The number of aromatic nitrogens is 4. The van der Waals surface area contributed by atoms with E-state index in [9.17, 15) is 5.11 Å². The van der Waals surface area contributed by atoms with Gasteiger partial charge in [0.15, 0.2) is 17.0 Å². The summed E-state index contributed by atoms with van der Waals surface area (Å²) in [5.74, 6) is 0.773. The van der Waals surface area contributed by atoms with E-state index in [1.165, 1.54) is 6.33 Å². The van der Waals surface area contributed by atoms with Gasteiger partial charge in [0.1, 0.15) is 12.1 Å². The maximum atomic E-state index is 9.38. The zero-order valence-electron chi connectivity index (χ0n) is 12.6. The van der Waals surface area contributed by atoms with E-state index < -0.39 is 0 Å². The minimum Gasteiger partial charge on any atom is -0.508 e. The Morgan fingerprint density at radius 2 is 1.62 bits per heavy atom. The molecule has 0 radical (unpaired) electrons. The third-order valence-electron chi connectivity index (χ3n) is 3.54. The van der Waals surface area contributed by atoms with Gasteiger partial charge >= 0.3 is 0 Å². The number of phenols is 1. The first-order valence-corrected chi connectivity index (χ1v) is 7.39. The van der Waals surface area contributed by atoms with Crippen LogP contribution in [0, 0.1) is 0 Å². The fourth-order valence-corrected chi connectivity index (χ4v) is 2.36. The van der Waals surface area contributed by atoms with Crippen molar-refractivity contribution in [2.75, 3.05) is 5.32 Å². The van der Waals surface area contributed by atoms with Crippen LogP contribution >= 0.6 is 0 Å². The summed E-state index contributed by atoms with van der Waals surface area (Å²) < 4.78 is 0. The molecule has 6 heteroatoms. The fourth-order valence-electron chi connectivity index (χ4n) is 2.36. The molecule has 0 bridgehead atoms. The highest BCUT2D eigenvalue weighted by atomic mass is 16.3. The molecule has 2 aromatic heterocycles. The van der Waals surface area contributed by atoms with Gasteiger partial charge in [0, 0.05) is 11.3 Å². The molecule has 4 rings (SSSR count). The third-order valence-corrected chi connectivity index (χ3v) is 3.54. The number of nitrogens with zero attached hydrogens (tertiary/aromatic N) is 4. The zero-order chi connectivity index (χ0) is 16.4. The van der Waals surface area contributed by atoms with Crippen LogP contribution in [0.4, 0.5) is 11.5 Å². The Morgan fingerprint density at radius 3 is 2.42 bits per heavy atom. The highest BCUT2D eigenvalue weighted by Crippen LogP contribution is 2.24. The van der Waals surface area contributed by atoms with Crippen LogP contribution in [0.1, 0.15) is 0 Å². The Morgan fingerprint density at radius 1 is 0.833 bits per heavy atom. The molecule has 2 heterocycles. The van der Waals surface area contributed by atoms with Gasteiger partial charge in [-0.3, -0.25) is 0 Å².